The normalized spacial score (nSPS) is 25.4. The zero-order valence-corrected chi connectivity index (χ0v) is 35.1. The average Bonchev–Trinajstić information content (AvgIpc) is 3.15. The summed E-state index contributed by atoms with van der Waals surface area (Å²) >= 11 is 0. The topological polar surface area (TPSA) is 270 Å². The molecular weight excluding hydrogens is 824 g/mol. The van der Waals surface area contributed by atoms with Crippen molar-refractivity contribution in [2.45, 2.75) is 116 Å². The van der Waals surface area contributed by atoms with Gasteiger partial charge in [-0.1, -0.05) is 24.3 Å². The molecule has 21 heteroatoms. The summed E-state index contributed by atoms with van der Waals surface area (Å²) in [5.74, 6) is -6.13. The van der Waals surface area contributed by atoms with E-state index >= 15 is 0 Å². The molecule has 336 valence electrons. The Morgan fingerprint density at radius 2 is 0.742 bits per heavy atom. The number of hydrogen-bond donors (Lipinski definition) is 2. The number of esters is 8. The lowest BCUT2D eigenvalue weighted by atomic mass is 9.90. The number of amides is 2. The maximum Gasteiger partial charge on any atom is 0.323 e. The zero-order valence-electron chi connectivity index (χ0n) is 35.1. The maximum atomic E-state index is 13.5. The molecule has 2 amide bonds. The third-order valence-electron chi connectivity index (χ3n) is 8.93. The van der Waals surface area contributed by atoms with Crippen LogP contribution in [-0.4, -0.2) is 116 Å². The maximum absolute atomic E-state index is 13.5. The van der Waals surface area contributed by atoms with Crippen molar-refractivity contribution in [1.82, 2.24) is 0 Å². The van der Waals surface area contributed by atoms with Gasteiger partial charge in [0.25, 0.3) is 0 Å². The molecule has 2 aromatic rings. The fourth-order valence-electron chi connectivity index (χ4n) is 6.87. The Kier molecular flexibility index (Phi) is 16.9. The number of benzene rings is 2. The van der Waals surface area contributed by atoms with Gasteiger partial charge in [-0.05, 0) is 35.4 Å². The molecule has 0 aliphatic carbocycles. The molecule has 5 unspecified atom stereocenters. The second-order valence-corrected chi connectivity index (χ2v) is 14.1. The predicted molar refractivity (Wildman–Crippen MR) is 207 cm³/mol. The van der Waals surface area contributed by atoms with Crippen LogP contribution in [0, 0.1) is 0 Å². The second-order valence-electron chi connectivity index (χ2n) is 14.1. The third-order valence-corrected chi connectivity index (χ3v) is 8.93. The summed E-state index contributed by atoms with van der Waals surface area (Å²) in [6.07, 6.45) is -13.2. The summed E-state index contributed by atoms with van der Waals surface area (Å²) in [4.78, 5) is 111. The first kappa shape index (κ1) is 48.1. The van der Waals surface area contributed by atoms with E-state index in [9.17, 15) is 43.2 Å². The van der Waals surface area contributed by atoms with Gasteiger partial charge in [0.1, 0.15) is 37.6 Å². The molecule has 0 radical (unpaired) electrons. The van der Waals surface area contributed by atoms with Crippen molar-refractivity contribution in [2.75, 3.05) is 23.8 Å². The number of nitrogens with one attached hydrogen (secondary N) is 2. The SMILES string of the molecule is CC(=O)OCC1OC(c2cccc(NC(=O)Nc3cccc([C@H]4O[C@H](COC(C)=O)[C@@H](OC(C)=O)[C@H](OC(C)=O)[C@@H]4OC(C)=O)c3)c2)C(OC(C)=O)C(OC(C)=O)C1OC(C)=O. The second kappa shape index (κ2) is 21.8. The van der Waals surface area contributed by atoms with Gasteiger partial charge < -0.3 is 58.0 Å². The van der Waals surface area contributed by atoms with Gasteiger partial charge in [-0.15, -0.1) is 0 Å². The lowest BCUT2D eigenvalue weighted by Crippen LogP contribution is -2.59. The van der Waals surface area contributed by atoms with Gasteiger partial charge in [-0.25, -0.2) is 4.79 Å². The van der Waals surface area contributed by atoms with Gasteiger partial charge in [0.15, 0.2) is 36.6 Å². The standard InChI is InChI=1S/C41H48N2O19/c1-19(44)53-17-31-35(55-21(3)46)39(59-25(7)50)37(57-23(5)48)33(61-31)27-11-9-13-29(15-27)42-41(52)43-30-14-10-12-28(16-30)34-38(58-24(6)49)40(60-26(8)51)36(56-22(4)47)32(62-34)18-54-20(2)45/h9-16,31-40H,17-18H2,1-8H3,(H2,42,43,52)/t31-,32?,33-,34?,35-,36?,37-,38?,39+,40?/m1/s1. The molecule has 2 heterocycles. The largest absolute Gasteiger partial charge is 0.463 e. The van der Waals surface area contributed by atoms with Crippen LogP contribution in [0.5, 0.6) is 0 Å². The van der Waals surface area contributed by atoms with E-state index in [0.29, 0.717) is 11.1 Å². The van der Waals surface area contributed by atoms with Crippen LogP contribution in [0.3, 0.4) is 0 Å². The van der Waals surface area contributed by atoms with Gasteiger partial charge in [0, 0.05) is 66.8 Å². The van der Waals surface area contributed by atoms with Crippen LogP contribution >= 0.6 is 0 Å². The van der Waals surface area contributed by atoms with Gasteiger partial charge >= 0.3 is 53.8 Å². The van der Waals surface area contributed by atoms with Crippen LogP contribution in [0.15, 0.2) is 48.5 Å². The lowest BCUT2D eigenvalue weighted by molar-refractivity contribution is -0.254. The molecule has 62 heavy (non-hydrogen) atoms. The van der Waals surface area contributed by atoms with E-state index in [1.807, 2.05) is 0 Å². The fraction of sp³-hybridized carbons (Fsp3) is 0.488. The van der Waals surface area contributed by atoms with Gasteiger partial charge in [0.05, 0.1) is 0 Å². The molecule has 2 saturated heterocycles. The van der Waals surface area contributed by atoms with E-state index in [0.717, 1.165) is 55.4 Å². The summed E-state index contributed by atoms with van der Waals surface area (Å²) in [5.41, 5.74) is 0.990. The summed E-state index contributed by atoms with van der Waals surface area (Å²) in [5, 5.41) is 5.37. The molecule has 10 atom stereocenters. The van der Waals surface area contributed by atoms with E-state index in [-0.39, 0.29) is 11.4 Å². The first-order valence-corrected chi connectivity index (χ1v) is 19.1. The average molecular weight is 873 g/mol. The third kappa shape index (κ3) is 13.7. The van der Waals surface area contributed by atoms with Crippen LogP contribution in [0.1, 0.15) is 78.7 Å². The number of hydrogen-bond acceptors (Lipinski definition) is 19. The number of rotatable bonds is 14. The van der Waals surface area contributed by atoms with Crippen LogP contribution in [-0.2, 0) is 85.7 Å². The van der Waals surface area contributed by atoms with Crippen LogP contribution in [0.2, 0.25) is 0 Å². The summed E-state index contributed by atoms with van der Waals surface area (Å²) < 4.78 is 55.9. The van der Waals surface area contributed by atoms with E-state index in [1.165, 1.54) is 24.3 Å². The monoisotopic (exact) mass is 872 g/mol. The first-order chi connectivity index (χ1) is 29.2. The zero-order chi connectivity index (χ0) is 45.8. The van der Waals surface area contributed by atoms with Crippen molar-refractivity contribution in [3.8, 4) is 0 Å². The van der Waals surface area contributed by atoms with E-state index in [4.69, 9.17) is 47.4 Å². The highest BCUT2D eigenvalue weighted by Crippen LogP contribution is 2.40. The van der Waals surface area contributed by atoms with Crippen molar-refractivity contribution in [3.63, 3.8) is 0 Å². The van der Waals surface area contributed by atoms with E-state index in [2.05, 4.69) is 10.6 Å². The van der Waals surface area contributed by atoms with Crippen molar-refractivity contribution < 1.29 is 90.5 Å². The quantitative estimate of drug-likeness (QED) is 0.204. The van der Waals surface area contributed by atoms with Crippen LogP contribution in [0.25, 0.3) is 0 Å². The highest BCUT2D eigenvalue weighted by atomic mass is 16.7. The predicted octanol–water partition coefficient (Wildman–Crippen LogP) is 2.93. The minimum absolute atomic E-state index is 0.198. The van der Waals surface area contributed by atoms with E-state index in [1.54, 1.807) is 24.3 Å². The van der Waals surface area contributed by atoms with Gasteiger partial charge in [-0.2, -0.15) is 0 Å². The molecule has 2 fully saturated rings. The van der Waals surface area contributed by atoms with Crippen molar-refractivity contribution in [2.24, 2.45) is 0 Å². The molecule has 2 N–H and O–H groups in total. The first-order valence-electron chi connectivity index (χ1n) is 19.1. The van der Waals surface area contributed by atoms with Crippen LogP contribution < -0.4 is 10.6 Å². The minimum atomic E-state index is -1.42. The number of carbonyl (C=O) groups excluding carboxylic acids is 9. The number of ether oxygens (including phenoxy) is 10. The molecule has 4 rings (SSSR count). The number of urea groups is 1. The molecule has 2 aromatic carbocycles. The number of carbonyl (C=O) groups is 9. The summed E-state index contributed by atoms with van der Waals surface area (Å²) in [6.45, 7) is 8.06. The molecule has 0 saturated carbocycles. The molecule has 2 aliphatic heterocycles. The molecule has 21 nitrogen and oxygen atoms in total. The van der Waals surface area contributed by atoms with Crippen molar-refractivity contribution >= 4 is 65.2 Å². The van der Waals surface area contributed by atoms with Crippen molar-refractivity contribution in [3.05, 3.63) is 59.7 Å². The van der Waals surface area contributed by atoms with E-state index < -0.39 is 128 Å². The Labute approximate surface area is 355 Å². The summed E-state index contributed by atoms with van der Waals surface area (Å²) in [7, 11) is 0. The van der Waals surface area contributed by atoms with Crippen LogP contribution in [0.4, 0.5) is 16.2 Å². The fourth-order valence-corrected chi connectivity index (χ4v) is 6.87. The van der Waals surface area contributed by atoms with Gasteiger partial charge in [0.2, 0.25) is 0 Å². The molecule has 0 bridgehead atoms. The molecule has 0 aromatic heterocycles. The van der Waals surface area contributed by atoms with Crippen molar-refractivity contribution in [1.29, 1.82) is 0 Å². The van der Waals surface area contributed by atoms with Gasteiger partial charge in [-0.3, -0.25) is 38.4 Å². The Morgan fingerprint density at radius 3 is 1.05 bits per heavy atom. The molecule has 0 spiro atoms. The highest BCUT2D eigenvalue weighted by molar-refractivity contribution is 5.99. The minimum Gasteiger partial charge on any atom is -0.463 e. The number of anilines is 2. The molecule has 2 aliphatic rings. The Morgan fingerprint density at radius 1 is 0.435 bits per heavy atom. The summed E-state index contributed by atoms with van der Waals surface area (Å²) in [6, 6.07) is 11.5. The Hall–Kier alpha value is -6.61. The highest BCUT2D eigenvalue weighted by Gasteiger charge is 2.54. The Bertz CT molecular complexity index is 1880. The Balaban J connectivity index is 1.64. The lowest BCUT2D eigenvalue weighted by Gasteiger charge is -2.44. The smallest absolute Gasteiger partial charge is 0.323 e. The molecular formula is C41H48N2O19.